The molecule has 4 rings (SSSR count). The van der Waals surface area contributed by atoms with Gasteiger partial charge in [-0.3, -0.25) is 0 Å². The summed E-state index contributed by atoms with van der Waals surface area (Å²) in [5.74, 6) is 0.379. The number of fused-ring (bicyclic) bond motifs is 1. The number of hydrogen-bond acceptors (Lipinski definition) is 4. The van der Waals surface area contributed by atoms with Crippen LogP contribution < -0.4 is 5.32 Å². The summed E-state index contributed by atoms with van der Waals surface area (Å²) in [5, 5.41) is 7.68. The average Bonchev–Trinajstić information content (AvgIpc) is 3.13. The van der Waals surface area contributed by atoms with E-state index in [2.05, 4.69) is 20.4 Å². The molecule has 1 N–H and O–H groups in total. The minimum atomic E-state index is -0.505. The first-order chi connectivity index (χ1) is 9.79. The third-order valence-electron chi connectivity index (χ3n) is 3.31. The fourth-order valence-corrected chi connectivity index (χ4v) is 2.16. The van der Waals surface area contributed by atoms with Gasteiger partial charge in [0.05, 0.1) is 11.9 Å². The van der Waals surface area contributed by atoms with Crippen LogP contribution in [-0.2, 0) is 0 Å². The van der Waals surface area contributed by atoms with Crippen LogP contribution in [0, 0.1) is 5.95 Å². The van der Waals surface area contributed by atoms with Crippen LogP contribution in [0.1, 0.15) is 12.8 Å². The molecule has 0 unspecified atom stereocenters. The van der Waals surface area contributed by atoms with E-state index in [9.17, 15) is 4.39 Å². The van der Waals surface area contributed by atoms with E-state index in [1.807, 2.05) is 12.1 Å². The fourth-order valence-electron chi connectivity index (χ4n) is 2.16. The summed E-state index contributed by atoms with van der Waals surface area (Å²) >= 11 is 0. The second-order valence-electron chi connectivity index (χ2n) is 4.91. The number of pyridine rings is 1. The highest BCUT2D eigenvalue weighted by Gasteiger charge is 2.22. The SMILES string of the molecule is Fc1cc(-c2cc(NC3CC3)n3nccc3n2)ccn1. The zero-order valence-electron chi connectivity index (χ0n) is 10.6. The van der Waals surface area contributed by atoms with Crippen LogP contribution in [0.4, 0.5) is 10.2 Å². The Hall–Kier alpha value is -2.50. The van der Waals surface area contributed by atoms with Crippen molar-refractivity contribution >= 4 is 11.5 Å². The van der Waals surface area contributed by atoms with Gasteiger partial charge in [0.15, 0.2) is 5.65 Å². The summed E-state index contributed by atoms with van der Waals surface area (Å²) in [6.07, 6.45) is 5.49. The van der Waals surface area contributed by atoms with E-state index in [1.54, 1.807) is 16.8 Å². The van der Waals surface area contributed by atoms with Crippen LogP contribution in [0.2, 0.25) is 0 Å². The molecule has 0 aliphatic heterocycles. The van der Waals surface area contributed by atoms with Crippen LogP contribution >= 0.6 is 0 Å². The number of halogens is 1. The molecule has 0 bridgehead atoms. The fraction of sp³-hybridized carbons (Fsp3) is 0.214. The molecular weight excluding hydrogens is 257 g/mol. The summed E-state index contributed by atoms with van der Waals surface area (Å²) < 4.78 is 15.0. The lowest BCUT2D eigenvalue weighted by Gasteiger charge is -2.09. The lowest BCUT2D eigenvalue weighted by atomic mass is 10.2. The van der Waals surface area contributed by atoms with Crippen molar-refractivity contribution in [1.82, 2.24) is 19.6 Å². The maximum Gasteiger partial charge on any atom is 0.213 e. The van der Waals surface area contributed by atoms with E-state index in [1.165, 1.54) is 25.1 Å². The molecule has 1 fully saturated rings. The van der Waals surface area contributed by atoms with Gasteiger partial charge in [-0.05, 0) is 18.9 Å². The standard InChI is InChI=1S/C14H12FN5/c15-12-7-9(3-5-16-12)11-8-14(18-10-1-2-10)20-13(19-11)4-6-17-20/h3-8,10,18H,1-2H2. The Balaban J connectivity index is 1.86. The number of nitrogens with one attached hydrogen (secondary N) is 1. The Labute approximate surface area is 114 Å². The molecule has 3 heterocycles. The molecule has 100 valence electrons. The molecule has 0 saturated heterocycles. The molecule has 1 aliphatic rings. The topological polar surface area (TPSA) is 55.1 Å². The number of rotatable bonds is 3. The highest BCUT2D eigenvalue weighted by Crippen LogP contribution is 2.27. The maximum atomic E-state index is 13.3. The van der Waals surface area contributed by atoms with Crippen LogP contribution in [0.3, 0.4) is 0 Å². The third-order valence-corrected chi connectivity index (χ3v) is 3.31. The maximum absolute atomic E-state index is 13.3. The Bertz CT molecular complexity index is 778. The highest BCUT2D eigenvalue weighted by molar-refractivity contribution is 5.66. The van der Waals surface area contributed by atoms with E-state index in [0.29, 0.717) is 17.3 Å². The van der Waals surface area contributed by atoms with Crippen molar-refractivity contribution in [1.29, 1.82) is 0 Å². The van der Waals surface area contributed by atoms with Gasteiger partial charge >= 0.3 is 0 Å². The van der Waals surface area contributed by atoms with Crippen LogP contribution in [0.5, 0.6) is 0 Å². The summed E-state index contributed by atoms with van der Waals surface area (Å²) in [5.41, 5.74) is 2.16. The number of anilines is 1. The van der Waals surface area contributed by atoms with Gasteiger partial charge in [0.2, 0.25) is 5.95 Å². The van der Waals surface area contributed by atoms with E-state index >= 15 is 0 Å². The molecule has 6 heteroatoms. The van der Waals surface area contributed by atoms with Crippen molar-refractivity contribution in [2.75, 3.05) is 5.32 Å². The van der Waals surface area contributed by atoms with E-state index in [4.69, 9.17) is 0 Å². The number of nitrogens with zero attached hydrogens (tertiary/aromatic N) is 4. The molecule has 5 nitrogen and oxygen atoms in total. The summed E-state index contributed by atoms with van der Waals surface area (Å²) in [6.45, 7) is 0. The summed E-state index contributed by atoms with van der Waals surface area (Å²) in [4.78, 5) is 8.07. The normalized spacial score (nSPS) is 14.7. The third kappa shape index (κ3) is 1.99. The molecule has 0 spiro atoms. The van der Waals surface area contributed by atoms with Crippen LogP contribution in [-0.4, -0.2) is 25.6 Å². The monoisotopic (exact) mass is 269 g/mol. The zero-order chi connectivity index (χ0) is 13.5. The van der Waals surface area contributed by atoms with Crippen molar-refractivity contribution in [3.63, 3.8) is 0 Å². The highest BCUT2D eigenvalue weighted by atomic mass is 19.1. The second-order valence-corrected chi connectivity index (χ2v) is 4.91. The molecule has 3 aromatic rings. The molecule has 3 aromatic heterocycles. The number of aromatic nitrogens is 4. The quantitative estimate of drug-likeness (QED) is 0.742. The van der Waals surface area contributed by atoms with Gasteiger partial charge in [0, 0.05) is 36.0 Å². The Morgan fingerprint density at radius 2 is 2.10 bits per heavy atom. The molecular formula is C14H12FN5. The van der Waals surface area contributed by atoms with Gasteiger partial charge in [-0.25, -0.2) is 9.97 Å². The molecule has 0 aromatic carbocycles. The van der Waals surface area contributed by atoms with Gasteiger partial charge in [0.25, 0.3) is 0 Å². The number of hydrogen-bond donors (Lipinski definition) is 1. The molecule has 0 radical (unpaired) electrons. The van der Waals surface area contributed by atoms with Gasteiger partial charge in [0.1, 0.15) is 5.82 Å². The first-order valence-electron chi connectivity index (χ1n) is 6.53. The lowest BCUT2D eigenvalue weighted by molar-refractivity contribution is 0.584. The van der Waals surface area contributed by atoms with Gasteiger partial charge in [-0.1, -0.05) is 0 Å². The molecule has 1 aliphatic carbocycles. The largest absolute Gasteiger partial charge is 0.367 e. The molecule has 0 amide bonds. The Kier molecular flexibility index (Phi) is 2.42. The predicted molar refractivity (Wildman–Crippen MR) is 72.8 cm³/mol. The smallest absolute Gasteiger partial charge is 0.213 e. The minimum absolute atomic E-state index is 0.505. The molecule has 1 saturated carbocycles. The van der Waals surface area contributed by atoms with Crippen molar-refractivity contribution in [3.8, 4) is 11.3 Å². The zero-order valence-corrected chi connectivity index (χ0v) is 10.6. The lowest BCUT2D eigenvalue weighted by Crippen LogP contribution is -2.08. The predicted octanol–water partition coefficient (Wildman–Crippen LogP) is 2.50. The van der Waals surface area contributed by atoms with Gasteiger partial charge in [-0.15, -0.1) is 0 Å². The molecule has 0 atom stereocenters. The van der Waals surface area contributed by atoms with E-state index in [0.717, 1.165) is 11.5 Å². The van der Waals surface area contributed by atoms with Crippen molar-refractivity contribution < 1.29 is 4.39 Å². The average molecular weight is 269 g/mol. The van der Waals surface area contributed by atoms with Crippen LogP contribution in [0.15, 0.2) is 36.7 Å². The van der Waals surface area contributed by atoms with Crippen molar-refractivity contribution in [2.24, 2.45) is 0 Å². The van der Waals surface area contributed by atoms with E-state index < -0.39 is 5.95 Å². The summed E-state index contributed by atoms with van der Waals surface area (Å²) in [7, 11) is 0. The van der Waals surface area contributed by atoms with Gasteiger partial charge in [-0.2, -0.15) is 14.0 Å². The van der Waals surface area contributed by atoms with E-state index in [-0.39, 0.29) is 0 Å². The van der Waals surface area contributed by atoms with Crippen molar-refractivity contribution in [3.05, 3.63) is 42.6 Å². The van der Waals surface area contributed by atoms with Crippen LogP contribution in [0.25, 0.3) is 16.9 Å². The summed E-state index contributed by atoms with van der Waals surface area (Å²) in [6, 6.07) is 7.37. The molecule has 20 heavy (non-hydrogen) atoms. The Morgan fingerprint density at radius 1 is 1.20 bits per heavy atom. The minimum Gasteiger partial charge on any atom is -0.367 e. The first kappa shape index (κ1) is 11.3. The van der Waals surface area contributed by atoms with Gasteiger partial charge < -0.3 is 5.32 Å². The second kappa shape index (κ2) is 4.26. The first-order valence-corrected chi connectivity index (χ1v) is 6.53. The Morgan fingerprint density at radius 3 is 2.90 bits per heavy atom. The van der Waals surface area contributed by atoms with Crippen molar-refractivity contribution in [2.45, 2.75) is 18.9 Å².